The van der Waals surface area contributed by atoms with Crippen LogP contribution in [-0.4, -0.2) is 21.1 Å². The average Bonchev–Trinajstić information content (AvgIpc) is 3.56. The Kier molecular flexibility index (Phi) is 5.05. The Bertz CT molecular complexity index is 2040. The summed E-state index contributed by atoms with van der Waals surface area (Å²) in [6.07, 6.45) is 5.26. The van der Waals surface area contributed by atoms with Crippen LogP contribution in [0.15, 0.2) is 128 Å². The Balaban J connectivity index is 1.50. The summed E-state index contributed by atoms with van der Waals surface area (Å²) in [7, 11) is 0. The molecule has 0 radical (unpaired) electrons. The molecule has 2 heterocycles. The van der Waals surface area contributed by atoms with Crippen LogP contribution < -0.4 is 0 Å². The van der Waals surface area contributed by atoms with Gasteiger partial charge < -0.3 is 20.0 Å². The van der Waals surface area contributed by atoms with E-state index in [2.05, 4.69) is 88.1 Å². The maximum absolute atomic E-state index is 8.68. The lowest BCUT2D eigenvalue weighted by molar-refractivity contribution is 1.13. The second-order valence-electron chi connectivity index (χ2n) is 9.42. The fourth-order valence-electron chi connectivity index (χ4n) is 5.61. The van der Waals surface area contributed by atoms with Crippen molar-refractivity contribution >= 4 is 61.1 Å². The summed E-state index contributed by atoms with van der Waals surface area (Å²) in [5.41, 5.74) is 6.21. The molecule has 0 aliphatic rings. The molecule has 7 aromatic rings. The minimum Gasteiger partial charge on any atom is -0.317 e. The maximum atomic E-state index is 8.68. The molecule has 38 heavy (non-hydrogen) atoms. The van der Waals surface area contributed by atoms with Crippen molar-refractivity contribution in [2.24, 2.45) is 0 Å². The smallest absolute Gasteiger partial charge is 0.0659 e. The Labute approximate surface area is 219 Å². The molecule has 5 aromatic carbocycles. The topological polar surface area (TPSA) is 57.6 Å². The molecule has 7 rings (SSSR count). The van der Waals surface area contributed by atoms with Gasteiger partial charge in [-0.25, -0.2) is 0 Å². The zero-order valence-electron chi connectivity index (χ0n) is 20.6. The molecule has 0 aliphatic heterocycles. The van der Waals surface area contributed by atoms with E-state index in [1.54, 1.807) is 6.08 Å². The highest BCUT2D eigenvalue weighted by Crippen LogP contribution is 2.39. The third kappa shape index (κ3) is 3.31. The zero-order valence-corrected chi connectivity index (χ0v) is 20.6. The number of nitrogens with zero attached hydrogens (tertiary/aromatic N) is 2. The van der Waals surface area contributed by atoms with E-state index >= 15 is 0 Å². The van der Waals surface area contributed by atoms with Gasteiger partial charge in [0, 0.05) is 34.3 Å². The van der Waals surface area contributed by atoms with E-state index in [0.29, 0.717) is 11.4 Å². The van der Waals surface area contributed by atoms with Crippen molar-refractivity contribution in [1.29, 1.82) is 10.8 Å². The lowest BCUT2D eigenvalue weighted by atomic mass is 10.0. The van der Waals surface area contributed by atoms with Crippen molar-refractivity contribution in [3.8, 4) is 5.69 Å². The summed E-state index contributed by atoms with van der Waals surface area (Å²) < 4.78 is 4.33. The van der Waals surface area contributed by atoms with Gasteiger partial charge in [0.15, 0.2) is 0 Å². The second-order valence-corrected chi connectivity index (χ2v) is 9.42. The number of fused-ring (bicyclic) bond motifs is 7. The summed E-state index contributed by atoms with van der Waals surface area (Å²) >= 11 is 0. The fraction of sp³-hybridized carbons (Fsp3) is 0. The molecule has 4 heteroatoms. The highest BCUT2D eigenvalue weighted by molar-refractivity contribution is 6.28. The summed E-state index contributed by atoms with van der Waals surface area (Å²) in [6, 6.07) is 39.4. The Morgan fingerprint density at radius 2 is 1.26 bits per heavy atom. The summed E-state index contributed by atoms with van der Waals surface area (Å²) in [5.74, 6) is 0. The van der Waals surface area contributed by atoms with Crippen LogP contribution in [0.25, 0.3) is 54.9 Å². The largest absolute Gasteiger partial charge is 0.317 e. The van der Waals surface area contributed by atoms with E-state index in [1.165, 1.54) is 27.9 Å². The number of para-hydroxylation sites is 2. The molecule has 0 fully saturated rings. The number of hydrogen-bond acceptors (Lipinski definition) is 2. The van der Waals surface area contributed by atoms with Crippen molar-refractivity contribution in [2.45, 2.75) is 0 Å². The van der Waals surface area contributed by atoms with Crippen LogP contribution in [0.1, 0.15) is 5.56 Å². The molecule has 0 amide bonds. The molecule has 0 spiro atoms. The van der Waals surface area contributed by atoms with Crippen molar-refractivity contribution in [3.63, 3.8) is 0 Å². The van der Waals surface area contributed by atoms with Crippen LogP contribution in [0.3, 0.4) is 0 Å². The van der Waals surface area contributed by atoms with E-state index < -0.39 is 0 Å². The second kappa shape index (κ2) is 8.71. The first-order valence-corrected chi connectivity index (χ1v) is 12.6. The SMILES string of the molecule is N=C/C(=C\C(=N)c1ccccc1)n1c2ccccc2c2c3ccc4c(ccn4-c4ccccc4)c3ccc21. The molecule has 4 nitrogen and oxygen atoms in total. The van der Waals surface area contributed by atoms with E-state index in [4.69, 9.17) is 10.8 Å². The van der Waals surface area contributed by atoms with Gasteiger partial charge in [-0.3, -0.25) is 0 Å². The average molecular weight is 489 g/mol. The molecule has 180 valence electrons. The molecule has 2 N–H and O–H groups in total. The van der Waals surface area contributed by atoms with Gasteiger partial charge in [-0.2, -0.15) is 0 Å². The Hall–Kier alpha value is -5.22. The predicted octanol–water partition coefficient (Wildman–Crippen LogP) is 8.45. The highest BCUT2D eigenvalue weighted by Gasteiger charge is 2.17. The lowest BCUT2D eigenvalue weighted by Crippen LogP contribution is -2.03. The third-order valence-electron chi connectivity index (χ3n) is 7.32. The fourth-order valence-corrected chi connectivity index (χ4v) is 5.61. The van der Waals surface area contributed by atoms with Crippen molar-refractivity contribution in [3.05, 3.63) is 133 Å². The molecule has 0 atom stereocenters. The summed E-state index contributed by atoms with van der Waals surface area (Å²) in [6.45, 7) is 0. The van der Waals surface area contributed by atoms with Crippen LogP contribution >= 0.6 is 0 Å². The predicted molar refractivity (Wildman–Crippen MR) is 160 cm³/mol. The molecule has 0 saturated heterocycles. The van der Waals surface area contributed by atoms with Crippen LogP contribution in [0.5, 0.6) is 0 Å². The van der Waals surface area contributed by atoms with Gasteiger partial charge in [-0.1, -0.05) is 78.9 Å². The first kappa shape index (κ1) is 22.0. The van der Waals surface area contributed by atoms with Crippen LogP contribution in [0, 0.1) is 10.8 Å². The standard InChI is InChI=1S/C34H24N4/c35-22-25(21-30(36)23-9-3-1-4-10-23)38-32-14-8-7-13-29(32)34-28-16-17-31-27(26(28)15-18-33(34)38)19-20-37(31)24-11-5-2-6-12-24/h1-22,35-36H/b25-21+,35-22?,36-30?. The van der Waals surface area contributed by atoms with Crippen LogP contribution in [-0.2, 0) is 0 Å². The molecule has 0 unspecified atom stereocenters. The quantitative estimate of drug-likeness (QED) is 0.228. The molecule has 0 aliphatic carbocycles. The molecular formula is C34H24N4. The molecular weight excluding hydrogens is 464 g/mol. The number of aromatic nitrogens is 2. The Morgan fingerprint density at radius 1 is 0.579 bits per heavy atom. The molecule has 0 bridgehead atoms. The van der Waals surface area contributed by atoms with Gasteiger partial charge in [0.2, 0.25) is 0 Å². The Morgan fingerprint density at radius 3 is 2.05 bits per heavy atom. The number of benzene rings is 5. The van der Waals surface area contributed by atoms with Gasteiger partial charge in [0.1, 0.15) is 0 Å². The van der Waals surface area contributed by atoms with Gasteiger partial charge in [0.05, 0.1) is 28.0 Å². The van der Waals surface area contributed by atoms with E-state index in [9.17, 15) is 0 Å². The van der Waals surface area contributed by atoms with Gasteiger partial charge in [-0.15, -0.1) is 0 Å². The number of allylic oxidation sites excluding steroid dienone is 2. The zero-order chi connectivity index (χ0) is 25.6. The van der Waals surface area contributed by atoms with Gasteiger partial charge in [0.25, 0.3) is 0 Å². The van der Waals surface area contributed by atoms with Gasteiger partial charge >= 0.3 is 0 Å². The number of hydrogen-bond donors (Lipinski definition) is 2. The summed E-state index contributed by atoms with van der Waals surface area (Å²) in [5, 5.41) is 22.8. The first-order valence-electron chi connectivity index (χ1n) is 12.6. The van der Waals surface area contributed by atoms with Crippen LogP contribution in [0.4, 0.5) is 0 Å². The first-order chi connectivity index (χ1) is 18.7. The molecule has 2 aromatic heterocycles. The van der Waals surface area contributed by atoms with Gasteiger partial charge in [-0.05, 0) is 58.8 Å². The minimum absolute atomic E-state index is 0.375. The minimum atomic E-state index is 0.375. The molecule has 0 saturated carbocycles. The van der Waals surface area contributed by atoms with Crippen molar-refractivity contribution in [2.75, 3.05) is 0 Å². The van der Waals surface area contributed by atoms with Crippen molar-refractivity contribution < 1.29 is 0 Å². The lowest BCUT2D eigenvalue weighted by Gasteiger charge is -2.10. The highest BCUT2D eigenvalue weighted by atomic mass is 15.0. The summed E-state index contributed by atoms with van der Waals surface area (Å²) in [4.78, 5) is 0. The number of rotatable bonds is 5. The maximum Gasteiger partial charge on any atom is 0.0659 e. The van der Waals surface area contributed by atoms with E-state index in [1.807, 2.05) is 42.5 Å². The van der Waals surface area contributed by atoms with E-state index in [-0.39, 0.29) is 0 Å². The van der Waals surface area contributed by atoms with Crippen LogP contribution in [0.2, 0.25) is 0 Å². The third-order valence-corrected chi connectivity index (χ3v) is 7.32. The monoisotopic (exact) mass is 488 g/mol. The number of nitrogens with one attached hydrogen (secondary N) is 2. The van der Waals surface area contributed by atoms with E-state index in [0.717, 1.165) is 33.1 Å². The normalized spacial score (nSPS) is 12.1. The van der Waals surface area contributed by atoms with Crippen molar-refractivity contribution in [1.82, 2.24) is 9.13 Å².